The van der Waals surface area contributed by atoms with E-state index in [4.69, 9.17) is 0 Å². The molecule has 0 aliphatic heterocycles. The highest BCUT2D eigenvalue weighted by Crippen LogP contribution is 2.18. The van der Waals surface area contributed by atoms with Gasteiger partial charge in [-0.25, -0.2) is 8.42 Å². The van der Waals surface area contributed by atoms with Crippen molar-refractivity contribution in [2.75, 3.05) is 12.3 Å². The number of hydrogen-bond acceptors (Lipinski definition) is 3. The van der Waals surface area contributed by atoms with Gasteiger partial charge in [-0.1, -0.05) is 12.2 Å². The lowest BCUT2D eigenvalue weighted by Gasteiger charge is -2.04. The first-order chi connectivity index (χ1) is 7.52. The van der Waals surface area contributed by atoms with Crippen LogP contribution < -0.4 is 5.32 Å². The number of nitrogens with one attached hydrogen (secondary N) is 1. The molecule has 0 amide bonds. The fraction of sp³-hybridized carbons (Fsp3) is 0.833. The van der Waals surface area contributed by atoms with Gasteiger partial charge in [0.2, 0.25) is 0 Å². The lowest BCUT2D eigenvalue weighted by Crippen LogP contribution is -2.17. The van der Waals surface area contributed by atoms with E-state index >= 15 is 0 Å². The van der Waals surface area contributed by atoms with Gasteiger partial charge in [-0.15, -0.1) is 0 Å². The van der Waals surface area contributed by atoms with Crippen LogP contribution in [-0.4, -0.2) is 32.0 Å². The van der Waals surface area contributed by atoms with E-state index in [1.54, 1.807) is 13.8 Å². The Morgan fingerprint density at radius 1 is 1.25 bits per heavy atom. The molecule has 0 heterocycles. The van der Waals surface area contributed by atoms with Crippen molar-refractivity contribution >= 4 is 9.84 Å². The Balaban J connectivity index is 2.02. The summed E-state index contributed by atoms with van der Waals surface area (Å²) in [7, 11) is -2.86. The molecule has 1 aliphatic carbocycles. The van der Waals surface area contributed by atoms with Crippen molar-refractivity contribution in [3.8, 4) is 0 Å². The van der Waals surface area contributed by atoms with Gasteiger partial charge in [-0.3, -0.25) is 0 Å². The van der Waals surface area contributed by atoms with E-state index in [0.717, 1.165) is 19.0 Å². The third-order valence-corrected chi connectivity index (χ3v) is 5.02. The van der Waals surface area contributed by atoms with Gasteiger partial charge in [0.05, 0.1) is 11.0 Å². The highest BCUT2D eigenvalue weighted by atomic mass is 32.2. The van der Waals surface area contributed by atoms with Gasteiger partial charge < -0.3 is 5.32 Å². The molecule has 0 aromatic carbocycles. The van der Waals surface area contributed by atoms with E-state index in [1.165, 1.54) is 12.8 Å². The molecule has 94 valence electrons. The number of hydrogen-bond donors (Lipinski definition) is 1. The van der Waals surface area contributed by atoms with Crippen LogP contribution in [0, 0.1) is 0 Å². The zero-order valence-electron chi connectivity index (χ0n) is 10.3. The molecule has 0 unspecified atom stereocenters. The average molecular weight is 245 g/mol. The van der Waals surface area contributed by atoms with Crippen LogP contribution in [0.5, 0.6) is 0 Å². The molecule has 0 spiro atoms. The monoisotopic (exact) mass is 245 g/mol. The molecule has 0 radical (unpaired) electrons. The SMILES string of the molecule is CC(C)S(=O)(=O)CC/C=C/CCNC1CC1. The van der Waals surface area contributed by atoms with Gasteiger partial charge in [0.1, 0.15) is 0 Å². The predicted molar refractivity (Wildman–Crippen MR) is 68.3 cm³/mol. The van der Waals surface area contributed by atoms with Crippen LogP contribution in [0.4, 0.5) is 0 Å². The van der Waals surface area contributed by atoms with E-state index < -0.39 is 9.84 Å². The van der Waals surface area contributed by atoms with E-state index in [-0.39, 0.29) is 11.0 Å². The van der Waals surface area contributed by atoms with Crippen molar-refractivity contribution in [3.63, 3.8) is 0 Å². The molecule has 4 heteroatoms. The van der Waals surface area contributed by atoms with Crippen LogP contribution in [0.15, 0.2) is 12.2 Å². The third-order valence-electron chi connectivity index (χ3n) is 2.78. The van der Waals surface area contributed by atoms with Crippen LogP contribution in [0.25, 0.3) is 0 Å². The number of rotatable bonds is 8. The Hall–Kier alpha value is -0.350. The van der Waals surface area contributed by atoms with Gasteiger partial charge in [0.25, 0.3) is 0 Å². The van der Waals surface area contributed by atoms with Gasteiger partial charge in [0.15, 0.2) is 9.84 Å². The highest BCUT2D eigenvalue weighted by Gasteiger charge is 2.19. The summed E-state index contributed by atoms with van der Waals surface area (Å²) >= 11 is 0. The molecule has 1 aliphatic rings. The Bertz CT molecular complexity index is 316. The summed E-state index contributed by atoms with van der Waals surface area (Å²) in [4.78, 5) is 0. The Morgan fingerprint density at radius 3 is 2.44 bits per heavy atom. The normalized spacial score (nSPS) is 17.4. The summed E-state index contributed by atoms with van der Waals surface area (Å²) < 4.78 is 22.9. The van der Waals surface area contributed by atoms with Crippen LogP contribution in [0.3, 0.4) is 0 Å². The first-order valence-electron chi connectivity index (χ1n) is 6.12. The molecule has 16 heavy (non-hydrogen) atoms. The maximum Gasteiger partial charge on any atom is 0.152 e. The van der Waals surface area contributed by atoms with E-state index in [0.29, 0.717) is 6.42 Å². The Kier molecular flexibility index (Phi) is 5.49. The van der Waals surface area contributed by atoms with Gasteiger partial charge in [-0.2, -0.15) is 0 Å². The second-order valence-corrected chi connectivity index (χ2v) is 7.37. The zero-order valence-corrected chi connectivity index (χ0v) is 11.1. The van der Waals surface area contributed by atoms with Gasteiger partial charge in [-0.05, 0) is 46.1 Å². The van der Waals surface area contributed by atoms with E-state index in [9.17, 15) is 8.42 Å². The Labute approximate surface area is 99.2 Å². The minimum absolute atomic E-state index is 0.252. The van der Waals surface area contributed by atoms with Crippen molar-refractivity contribution in [3.05, 3.63) is 12.2 Å². The molecule has 1 fully saturated rings. The largest absolute Gasteiger partial charge is 0.314 e. The minimum Gasteiger partial charge on any atom is -0.314 e. The van der Waals surface area contributed by atoms with Crippen LogP contribution in [0.2, 0.25) is 0 Å². The smallest absolute Gasteiger partial charge is 0.152 e. The fourth-order valence-electron chi connectivity index (χ4n) is 1.36. The quantitative estimate of drug-likeness (QED) is 0.525. The van der Waals surface area contributed by atoms with Gasteiger partial charge >= 0.3 is 0 Å². The molecule has 3 nitrogen and oxygen atoms in total. The highest BCUT2D eigenvalue weighted by molar-refractivity contribution is 7.91. The summed E-state index contributed by atoms with van der Waals surface area (Å²) in [5.41, 5.74) is 0. The second-order valence-electron chi connectivity index (χ2n) is 4.69. The summed E-state index contributed by atoms with van der Waals surface area (Å²) in [6.07, 6.45) is 8.33. The summed E-state index contributed by atoms with van der Waals surface area (Å²) in [5, 5.41) is 3.16. The molecule has 0 atom stereocenters. The van der Waals surface area contributed by atoms with Crippen LogP contribution in [-0.2, 0) is 9.84 Å². The molecular formula is C12H23NO2S. The van der Waals surface area contributed by atoms with Gasteiger partial charge in [0, 0.05) is 6.04 Å². The fourth-order valence-corrected chi connectivity index (χ4v) is 2.30. The van der Waals surface area contributed by atoms with Crippen molar-refractivity contribution < 1.29 is 8.42 Å². The molecule has 0 saturated heterocycles. The standard InChI is InChI=1S/C12H23NO2S/c1-11(2)16(14,15)10-6-4-3-5-9-13-12-7-8-12/h3-4,11-13H,5-10H2,1-2H3/b4-3+. The predicted octanol–water partition coefficient (Wildman–Crippen LogP) is 1.90. The lowest BCUT2D eigenvalue weighted by molar-refractivity contribution is 0.587. The van der Waals surface area contributed by atoms with Crippen molar-refractivity contribution in [1.82, 2.24) is 5.32 Å². The third kappa shape index (κ3) is 5.66. The average Bonchev–Trinajstić information content (AvgIpc) is 2.99. The van der Waals surface area contributed by atoms with Crippen LogP contribution >= 0.6 is 0 Å². The second kappa shape index (κ2) is 6.40. The molecule has 1 saturated carbocycles. The molecule has 1 N–H and O–H groups in total. The first-order valence-corrected chi connectivity index (χ1v) is 7.84. The summed E-state index contributed by atoms with van der Waals surface area (Å²) in [5.74, 6) is 0.275. The maximum atomic E-state index is 11.5. The summed E-state index contributed by atoms with van der Waals surface area (Å²) in [6, 6.07) is 0.759. The Morgan fingerprint density at radius 2 is 1.88 bits per heavy atom. The van der Waals surface area contributed by atoms with Crippen molar-refractivity contribution in [1.29, 1.82) is 0 Å². The van der Waals surface area contributed by atoms with Crippen molar-refractivity contribution in [2.45, 2.75) is 50.8 Å². The maximum absolute atomic E-state index is 11.5. The number of sulfone groups is 1. The molecular weight excluding hydrogens is 222 g/mol. The van der Waals surface area contributed by atoms with Crippen molar-refractivity contribution in [2.24, 2.45) is 0 Å². The van der Waals surface area contributed by atoms with Crippen LogP contribution in [0.1, 0.15) is 39.5 Å². The minimum atomic E-state index is -2.86. The molecule has 1 rings (SSSR count). The zero-order chi connectivity index (χ0) is 12.0. The topological polar surface area (TPSA) is 46.2 Å². The summed E-state index contributed by atoms with van der Waals surface area (Å²) in [6.45, 7) is 4.48. The molecule has 0 aromatic rings. The van der Waals surface area contributed by atoms with E-state index in [1.807, 2.05) is 6.08 Å². The first kappa shape index (κ1) is 13.7. The van der Waals surface area contributed by atoms with E-state index in [2.05, 4.69) is 11.4 Å². The molecule has 0 bridgehead atoms. The lowest BCUT2D eigenvalue weighted by atomic mass is 10.3. The molecule has 0 aromatic heterocycles. The number of allylic oxidation sites excluding steroid dienone is 1.